The van der Waals surface area contributed by atoms with Gasteiger partial charge in [0.2, 0.25) is 12.7 Å². The summed E-state index contributed by atoms with van der Waals surface area (Å²) in [7, 11) is 0. The predicted molar refractivity (Wildman–Crippen MR) is 95.8 cm³/mol. The quantitative estimate of drug-likeness (QED) is 0.638. The van der Waals surface area contributed by atoms with E-state index in [-0.39, 0.29) is 32.2 Å². The summed E-state index contributed by atoms with van der Waals surface area (Å²) < 4.78 is 17.2. The third-order valence-electron chi connectivity index (χ3n) is 4.16. The number of amides is 1. The summed E-state index contributed by atoms with van der Waals surface area (Å²) in [5.74, 6) is 1.60. The molecule has 0 fully saturated rings. The SMILES string of the molecule is O=C(CCn1ccc(=O)[nH]c1=O)NCc1cc(-c2ccc3c(c2)OCO3)on1. The van der Waals surface area contributed by atoms with E-state index in [2.05, 4.69) is 15.5 Å². The summed E-state index contributed by atoms with van der Waals surface area (Å²) in [6.07, 6.45) is 1.43. The number of H-pyrrole nitrogens is 1. The largest absolute Gasteiger partial charge is 0.454 e. The number of ether oxygens (including phenoxy) is 2. The molecule has 28 heavy (non-hydrogen) atoms. The van der Waals surface area contributed by atoms with Crippen molar-refractivity contribution in [3.8, 4) is 22.8 Å². The van der Waals surface area contributed by atoms with E-state index in [1.54, 1.807) is 18.2 Å². The molecule has 0 atom stereocenters. The third kappa shape index (κ3) is 3.80. The minimum Gasteiger partial charge on any atom is -0.454 e. The smallest absolute Gasteiger partial charge is 0.328 e. The van der Waals surface area contributed by atoms with Crippen LogP contribution in [0.5, 0.6) is 11.5 Å². The second-order valence-electron chi connectivity index (χ2n) is 6.08. The first-order chi connectivity index (χ1) is 13.6. The van der Waals surface area contributed by atoms with E-state index < -0.39 is 11.2 Å². The Balaban J connectivity index is 1.32. The fourth-order valence-corrected chi connectivity index (χ4v) is 2.70. The number of aryl methyl sites for hydroxylation is 1. The highest BCUT2D eigenvalue weighted by Crippen LogP contribution is 2.35. The molecule has 1 aliphatic rings. The molecule has 4 rings (SSSR count). The van der Waals surface area contributed by atoms with Gasteiger partial charge in [-0.15, -0.1) is 0 Å². The molecule has 0 bridgehead atoms. The number of nitrogens with one attached hydrogen (secondary N) is 2. The molecule has 0 saturated heterocycles. The van der Waals surface area contributed by atoms with Gasteiger partial charge in [-0.2, -0.15) is 0 Å². The van der Waals surface area contributed by atoms with Gasteiger partial charge in [-0.05, 0) is 18.2 Å². The fraction of sp³-hybridized carbons (Fsp3) is 0.222. The molecule has 0 saturated carbocycles. The third-order valence-corrected chi connectivity index (χ3v) is 4.16. The van der Waals surface area contributed by atoms with E-state index in [1.807, 2.05) is 6.07 Å². The first-order valence-corrected chi connectivity index (χ1v) is 8.50. The van der Waals surface area contributed by atoms with Crippen molar-refractivity contribution in [1.29, 1.82) is 0 Å². The van der Waals surface area contributed by atoms with Crippen LogP contribution in [0.3, 0.4) is 0 Å². The zero-order valence-corrected chi connectivity index (χ0v) is 14.6. The van der Waals surface area contributed by atoms with Crippen LogP contribution in [0.4, 0.5) is 0 Å². The summed E-state index contributed by atoms with van der Waals surface area (Å²) >= 11 is 0. The fourth-order valence-electron chi connectivity index (χ4n) is 2.70. The van der Waals surface area contributed by atoms with Gasteiger partial charge < -0.3 is 23.9 Å². The molecule has 2 aromatic heterocycles. The van der Waals surface area contributed by atoms with Gasteiger partial charge >= 0.3 is 5.69 Å². The molecule has 10 nitrogen and oxygen atoms in total. The van der Waals surface area contributed by atoms with Crippen molar-refractivity contribution in [1.82, 2.24) is 20.0 Å². The van der Waals surface area contributed by atoms with Crippen molar-refractivity contribution < 1.29 is 18.8 Å². The van der Waals surface area contributed by atoms with Gasteiger partial charge in [-0.1, -0.05) is 5.16 Å². The Morgan fingerprint density at radius 1 is 1.18 bits per heavy atom. The molecule has 1 amide bonds. The van der Waals surface area contributed by atoms with Crippen LogP contribution < -0.4 is 26.0 Å². The molecule has 0 radical (unpaired) electrons. The molecule has 1 aliphatic heterocycles. The number of rotatable bonds is 6. The highest BCUT2D eigenvalue weighted by Gasteiger charge is 2.16. The number of hydrogen-bond donors (Lipinski definition) is 2. The Morgan fingerprint density at radius 2 is 2.04 bits per heavy atom. The van der Waals surface area contributed by atoms with Crippen molar-refractivity contribution in [2.45, 2.75) is 19.5 Å². The Labute approximate surface area is 157 Å². The molecule has 3 aromatic rings. The van der Waals surface area contributed by atoms with Crippen LogP contribution in [0, 0.1) is 0 Å². The van der Waals surface area contributed by atoms with E-state index in [9.17, 15) is 14.4 Å². The Bertz CT molecular complexity index is 1130. The number of aromatic nitrogens is 3. The number of fused-ring (bicyclic) bond motifs is 1. The number of benzene rings is 1. The van der Waals surface area contributed by atoms with Crippen molar-refractivity contribution in [2.24, 2.45) is 0 Å². The summed E-state index contributed by atoms with van der Waals surface area (Å²) in [4.78, 5) is 36.7. The van der Waals surface area contributed by atoms with E-state index >= 15 is 0 Å². The van der Waals surface area contributed by atoms with Gasteiger partial charge in [-0.25, -0.2) is 4.79 Å². The zero-order chi connectivity index (χ0) is 19.5. The van der Waals surface area contributed by atoms with E-state index in [1.165, 1.54) is 16.8 Å². The summed E-state index contributed by atoms with van der Waals surface area (Å²) in [5.41, 5.74) is 0.314. The van der Waals surface area contributed by atoms with Crippen LogP contribution in [-0.4, -0.2) is 27.4 Å². The molecule has 1 aromatic carbocycles. The zero-order valence-electron chi connectivity index (χ0n) is 14.6. The maximum atomic E-state index is 12.0. The Morgan fingerprint density at radius 3 is 2.89 bits per heavy atom. The number of hydrogen-bond acceptors (Lipinski definition) is 7. The normalized spacial score (nSPS) is 12.1. The minimum absolute atomic E-state index is 0.0822. The van der Waals surface area contributed by atoms with E-state index in [0.29, 0.717) is 23.0 Å². The van der Waals surface area contributed by atoms with Crippen LogP contribution >= 0.6 is 0 Å². The van der Waals surface area contributed by atoms with E-state index in [4.69, 9.17) is 14.0 Å². The molecular weight excluding hydrogens is 368 g/mol. The second kappa shape index (κ2) is 7.43. The van der Waals surface area contributed by atoms with Crippen LogP contribution in [-0.2, 0) is 17.9 Å². The number of nitrogens with zero attached hydrogens (tertiary/aromatic N) is 2. The summed E-state index contributed by atoms with van der Waals surface area (Å²) in [6.45, 7) is 0.535. The molecule has 3 heterocycles. The summed E-state index contributed by atoms with van der Waals surface area (Å²) in [6, 6.07) is 8.38. The monoisotopic (exact) mass is 384 g/mol. The number of aromatic amines is 1. The lowest BCUT2D eigenvalue weighted by Gasteiger charge is -2.05. The maximum absolute atomic E-state index is 12.0. The molecule has 2 N–H and O–H groups in total. The van der Waals surface area contributed by atoms with Gasteiger partial charge in [0.1, 0.15) is 5.69 Å². The first kappa shape index (κ1) is 17.6. The minimum atomic E-state index is -0.551. The van der Waals surface area contributed by atoms with Gasteiger partial charge in [0.15, 0.2) is 17.3 Å². The Hall–Kier alpha value is -3.82. The van der Waals surface area contributed by atoms with Crippen LogP contribution in [0.2, 0.25) is 0 Å². The van der Waals surface area contributed by atoms with Crippen LogP contribution in [0.25, 0.3) is 11.3 Å². The van der Waals surface area contributed by atoms with Gasteiger partial charge in [0.05, 0.1) is 6.54 Å². The van der Waals surface area contributed by atoms with Gasteiger partial charge in [-0.3, -0.25) is 14.6 Å². The molecular formula is C18H16N4O6. The predicted octanol–water partition coefficient (Wildman–Crippen LogP) is 0.627. The van der Waals surface area contributed by atoms with E-state index in [0.717, 1.165) is 5.56 Å². The molecule has 0 aliphatic carbocycles. The standard InChI is InChI=1S/C18H16N4O6/c23-16(3-5-22-6-4-17(24)20-18(22)25)19-9-12-8-14(28-21-12)11-1-2-13-15(7-11)27-10-26-13/h1-2,4,6-8H,3,5,9-10H2,(H,19,23)(H,20,24,25). The molecule has 10 heteroatoms. The Kier molecular flexibility index (Phi) is 4.67. The summed E-state index contributed by atoms with van der Waals surface area (Å²) in [5, 5.41) is 6.66. The van der Waals surface area contributed by atoms with Gasteiger partial charge in [0.25, 0.3) is 5.56 Å². The average Bonchev–Trinajstić information content (AvgIpc) is 3.34. The lowest BCUT2D eigenvalue weighted by Crippen LogP contribution is -2.31. The van der Waals surface area contributed by atoms with Crippen molar-refractivity contribution in [2.75, 3.05) is 6.79 Å². The lowest BCUT2D eigenvalue weighted by atomic mass is 10.1. The number of carbonyl (C=O) groups excluding carboxylic acids is 1. The molecule has 0 spiro atoms. The highest BCUT2D eigenvalue weighted by molar-refractivity contribution is 5.75. The maximum Gasteiger partial charge on any atom is 0.328 e. The molecule has 144 valence electrons. The highest BCUT2D eigenvalue weighted by atomic mass is 16.7. The topological polar surface area (TPSA) is 128 Å². The van der Waals surface area contributed by atoms with Crippen molar-refractivity contribution >= 4 is 5.91 Å². The number of carbonyl (C=O) groups is 1. The molecule has 0 unspecified atom stereocenters. The van der Waals surface area contributed by atoms with Crippen molar-refractivity contribution in [3.05, 3.63) is 63.1 Å². The second-order valence-corrected chi connectivity index (χ2v) is 6.08. The van der Waals surface area contributed by atoms with Crippen LogP contribution in [0.1, 0.15) is 12.1 Å². The van der Waals surface area contributed by atoms with Crippen molar-refractivity contribution in [3.63, 3.8) is 0 Å². The first-order valence-electron chi connectivity index (χ1n) is 8.50. The van der Waals surface area contributed by atoms with Gasteiger partial charge in [0, 0.05) is 36.9 Å². The van der Waals surface area contributed by atoms with Crippen LogP contribution in [0.15, 0.2) is 50.6 Å². The lowest BCUT2D eigenvalue weighted by molar-refractivity contribution is -0.121. The average molecular weight is 384 g/mol.